The minimum atomic E-state index is -1.02. The summed E-state index contributed by atoms with van der Waals surface area (Å²) in [5.41, 5.74) is 0.691. The van der Waals surface area contributed by atoms with Crippen LogP contribution in [-0.4, -0.2) is 16.2 Å². The van der Waals surface area contributed by atoms with E-state index in [-0.39, 0.29) is 6.42 Å². The molecule has 0 saturated carbocycles. The van der Waals surface area contributed by atoms with Crippen LogP contribution in [-0.2, 0) is 11.2 Å². The summed E-state index contributed by atoms with van der Waals surface area (Å²) in [7, 11) is 0. The molecule has 0 heterocycles. The second-order valence-corrected chi connectivity index (χ2v) is 2.81. The zero-order valence-corrected chi connectivity index (χ0v) is 7.04. The Bertz CT molecular complexity index is 324. The highest BCUT2D eigenvalue weighted by atomic mass is 19.1. The number of carboxylic acid groups (broad SMARTS) is 1. The van der Waals surface area contributed by atoms with Crippen LogP contribution in [0.2, 0.25) is 0 Å². The van der Waals surface area contributed by atoms with E-state index in [0.29, 0.717) is 11.1 Å². The monoisotopic (exact) mass is 184 g/mol. The number of carboxylic acids is 1. The minimum absolute atomic E-state index is 0.238. The highest BCUT2D eigenvalue weighted by Gasteiger charge is 2.08. The highest BCUT2D eigenvalue weighted by molar-refractivity contribution is 5.70. The average molecular weight is 184 g/mol. The number of phenolic OH excluding ortho intramolecular Hbond substituents is 1. The number of rotatable bonds is 2. The lowest BCUT2D eigenvalue weighted by Crippen LogP contribution is -2.00. The summed E-state index contributed by atoms with van der Waals surface area (Å²) < 4.78 is 12.8. The lowest BCUT2D eigenvalue weighted by molar-refractivity contribution is -0.136. The van der Waals surface area contributed by atoms with Crippen molar-refractivity contribution in [3.8, 4) is 5.75 Å². The Labute approximate surface area is 74.4 Å². The van der Waals surface area contributed by atoms with Crippen molar-refractivity contribution in [2.75, 3.05) is 0 Å². The fourth-order valence-corrected chi connectivity index (χ4v) is 1.08. The van der Waals surface area contributed by atoms with Crippen LogP contribution < -0.4 is 0 Å². The highest BCUT2D eigenvalue weighted by Crippen LogP contribution is 2.22. The molecule has 0 unspecified atom stereocenters. The number of aliphatic carboxylic acids is 1. The molecule has 0 bridgehead atoms. The van der Waals surface area contributed by atoms with Gasteiger partial charge in [-0.25, -0.2) is 4.39 Å². The molecule has 0 fully saturated rings. The van der Waals surface area contributed by atoms with E-state index in [9.17, 15) is 9.18 Å². The van der Waals surface area contributed by atoms with Crippen LogP contribution in [0.25, 0.3) is 0 Å². The first-order chi connectivity index (χ1) is 6.00. The SMILES string of the molecule is Cc1cc(CC(=O)O)cc(F)c1O. The van der Waals surface area contributed by atoms with Crippen molar-refractivity contribution in [3.05, 3.63) is 29.1 Å². The molecule has 3 nitrogen and oxygen atoms in total. The summed E-state index contributed by atoms with van der Waals surface area (Å²) in [6, 6.07) is 2.48. The summed E-state index contributed by atoms with van der Waals surface area (Å²) in [6.07, 6.45) is -0.238. The number of phenols is 1. The van der Waals surface area contributed by atoms with Crippen molar-refractivity contribution in [1.29, 1.82) is 0 Å². The molecular formula is C9H9FO3. The smallest absolute Gasteiger partial charge is 0.307 e. The van der Waals surface area contributed by atoms with Crippen LogP contribution >= 0.6 is 0 Å². The Balaban J connectivity index is 3.06. The second kappa shape index (κ2) is 3.43. The maximum Gasteiger partial charge on any atom is 0.307 e. The molecule has 0 spiro atoms. The third-order valence-corrected chi connectivity index (χ3v) is 1.67. The number of carbonyl (C=O) groups is 1. The van der Waals surface area contributed by atoms with Crippen molar-refractivity contribution < 1.29 is 19.4 Å². The normalized spacial score (nSPS) is 10.0. The summed E-state index contributed by atoms with van der Waals surface area (Å²) in [5.74, 6) is -2.23. The van der Waals surface area contributed by atoms with E-state index in [0.717, 1.165) is 6.07 Å². The molecule has 2 N–H and O–H groups in total. The standard InChI is InChI=1S/C9H9FO3/c1-5-2-6(4-8(11)12)3-7(10)9(5)13/h2-3,13H,4H2,1H3,(H,11,12). The molecule has 1 aromatic rings. The van der Waals surface area contributed by atoms with E-state index < -0.39 is 17.5 Å². The third-order valence-electron chi connectivity index (χ3n) is 1.67. The van der Waals surface area contributed by atoms with Gasteiger partial charge >= 0.3 is 5.97 Å². The zero-order chi connectivity index (χ0) is 10.0. The number of aromatic hydroxyl groups is 1. The van der Waals surface area contributed by atoms with Crippen molar-refractivity contribution in [2.45, 2.75) is 13.3 Å². The van der Waals surface area contributed by atoms with Crippen LogP contribution in [0.5, 0.6) is 5.75 Å². The fourth-order valence-electron chi connectivity index (χ4n) is 1.08. The lowest BCUT2D eigenvalue weighted by atomic mass is 10.1. The van der Waals surface area contributed by atoms with E-state index in [2.05, 4.69) is 0 Å². The fraction of sp³-hybridized carbons (Fsp3) is 0.222. The van der Waals surface area contributed by atoms with Gasteiger partial charge in [0.2, 0.25) is 0 Å². The predicted octanol–water partition coefficient (Wildman–Crippen LogP) is 1.47. The zero-order valence-electron chi connectivity index (χ0n) is 7.04. The van der Waals surface area contributed by atoms with Gasteiger partial charge in [-0.05, 0) is 24.1 Å². The van der Waals surface area contributed by atoms with E-state index in [1.165, 1.54) is 13.0 Å². The molecule has 1 rings (SSSR count). The predicted molar refractivity (Wildman–Crippen MR) is 44.1 cm³/mol. The van der Waals surface area contributed by atoms with Gasteiger partial charge in [0.05, 0.1) is 6.42 Å². The van der Waals surface area contributed by atoms with E-state index >= 15 is 0 Å². The van der Waals surface area contributed by atoms with Crippen molar-refractivity contribution in [2.24, 2.45) is 0 Å². The van der Waals surface area contributed by atoms with Gasteiger partial charge in [0, 0.05) is 0 Å². The van der Waals surface area contributed by atoms with Crippen molar-refractivity contribution >= 4 is 5.97 Å². The molecule has 0 saturated heterocycles. The van der Waals surface area contributed by atoms with Gasteiger partial charge in [0.1, 0.15) is 0 Å². The number of hydrogen-bond donors (Lipinski definition) is 2. The lowest BCUT2D eigenvalue weighted by Gasteiger charge is -2.03. The van der Waals surface area contributed by atoms with Gasteiger partial charge < -0.3 is 10.2 Å². The van der Waals surface area contributed by atoms with E-state index in [1.54, 1.807) is 0 Å². The molecule has 70 valence electrons. The van der Waals surface area contributed by atoms with Crippen LogP contribution in [0, 0.1) is 12.7 Å². The summed E-state index contributed by atoms with van der Waals surface area (Å²) >= 11 is 0. The summed E-state index contributed by atoms with van der Waals surface area (Å²) in [6.45, 7) is 1.52. The molecule has 4 heteroatoms. The maximum absolute atomic E-state index is 12.8. The van der Waals surface area contributed by atoms with Gasteiger partial charge in [0.15, 0.2) is 11.6 Å². The Morgan fingerprint density at radius 1 is 1.54 bits per heavy atom. The summed E-state index contributed by atoms with van der Waals surface area (Å²) in [5, 5.41) is 17.5. The molecular weight excluding hydrogens is 175 g/mol. The number of benzene rings is 1. The van der Waals surface area contributed by atoms with Crippen LogP contribution in [0.15, 0.2) is 12.1 Å². The Kier molecular flexibility index (Phi) is 2.51. The van der Waals surface area contributed by atoms with Gasteiger partial charge in [0.25, 0.3) is 0 Å². The largest absolute Gasteiger partial charge is 0.505 e. The average Bonchev–Trinajstić information content (AvgIpc) is 1.98. The number of halogens is 1. The molecule has 1 aromatic carbocycles. The van der Waals surface area contributed by atoms with Crippen molar-refractivity contribution in [3.63, 3.8) is 0 Å². The number of hydrogen-bond acceptors (Lipinski definition) is 2. The maximum atomic E-state index is 12.8. The molecule has 13 heavy (non-hydrogen) atoms. The van der Waals surface area contributed by atoms with Crippen LogP contribution in [0.1, 0.15) is 11.1 Å². The van der Waals surface area contributed by atoms with Gasteiger partial charge in [-0.15, -0.1) is 0 Å². The minimum Gasteiger partial charge on any atom is -0.505 e. The molecule has 0 radical (unpaired) electrons. The van der Waals surface area contributed by atoms with E-state index in [1.807, 2.05) is 0 Å². The molecule has 0 aromatic heterocycles. The molecule has 0 atom stereocenters. The van der Waals surface area contributed by atoms with Gasteiger partial charge in [-0.2, -0.15) is 0 Å². The van der Waals surface area contributed by atoms with Gasteiger partial charge in [-0.3, -0.25) is 4.79 Å². The Morgan fingerprint density at radius 2 is 2.15 bits per heavy atom. The molecule has 0 aliphatic heterocycles. The molecule has 0 aliphatic carbocycles. The molecule has 0 amide bonds. The van der Waals surface area contributed by atoms with Crippen LogP contribution in [0.3, 0.4) is 0 Å². The van der Waals surface area contributed by atoms with Crippen LogP contribution in [0.4, 0.5) is 4.39 Å². The first-order valence-electron chi connectivity index (χ1n) is 3.70. The topological polar surface area (TPSA) is 57.5 Å². The Hall–Kier alpha value is -1.58. The summed E-state index contributed by atoms with van der Waals surface area (Å²) in [4.78, 5) is 10.3. The van der Waals surface area contributed by atoms with Crippen molar-refractivity contribution in [1.82, 2.24) is 0 Å². The third kappa shape index (κ3) is 2.18. The number of aryl methyl sites for hydroxylation is 1. The van der Waals surface area contributed by atoms with E-state index in [4.69, 9.17) is 10.2 Å². The van der Waals surface area contributed by atoms with Gasteiger partial charge in [-0.1, -0.05) is 6.07 Å². The second-order valence-electron chi connectivity index (χ2n) is 2.81. The first-order valence-corrected chi connectivity index (χ1v) is 3.70. The molecule has 0 aliphatic rings. The Morgan fingerprint density at radius 3 is 2.62 bits per heavy atom. The quantitative estimate of drug-likeness (QED) is 0.731. The first kappa shape index (κ1) is 9.51.